The second kappa shape index (κ2) is 4.77. The molecule has 0 aliphatic carbocycles. The molecule has 0 unspecified atom stereocenters. The maximum absolute atomic E-state index is 5.53. The van der Waals surface area contributed by atoms with Gasteiger partial charge in [0, 0.05) is 11.1 Å². The van der Waals surface area contributed by atoms with Crippen molar-refractivity contribution in [2.45, 2.75) is 6.42 Å². The Hall–Kier alpha value is -1.87. The molecule has 0 aliphatic rings. The van der Waals surface area contributed by atoms with Crippen molar-refractivity contribution < 1.29 is 0 Å². The van der Waals surface area contributed by atoms with Crippen LogP contribution in [0, 0.1) is 0 Å². The Kier molecular flexibility index (Phi) is 3.17. The zero-order chi connectivity index (χ0) is 11.4. The van der Waals surface area contributed by atoms with E-state index in [2.05, 4.69) is 16.8 Å². The first-order valence-electron chi connectivity index (χ1n) is 5.30. The van der Waals surface area contributed by atoms with E-state index in [1.807, 2.05) is 30.3 Å². The summed E-state index contributed by atoms with van der Waals surface area (Å²) in [4.78, 5) is 0. The average Bonchev–Trinajstić information content (AvgIpc) is 2.79. The zero-order valence-corrected chi connectivity index (χ0v) is 9.11. The highest BCUT2D eigenvalue weighted by Crippen LogP contribution is 2.26. The second-order valence-corrected chi connectivity index (χ2v) is 3.67. The highest BCUT2D eigenvalue weighted by Gasteiger charge is 2.09. The summed E-state index contributed by atoms with van der Waals surface area (Å²) in [5, 5.41) is 7.08. The smallest absolute Gasteiger partial charge is 0.0725 e. The molecule has 2 rings (SSSR count). The van der Waals surface area contributed by atoms with Crippen LogP contribution >= 0.6 is 0 Å². The summed E-state index contributed by atoms with van der Waals surface area (Å²) >= 11 is 0. The summed E-state index contributed by atoms with van der Waals surface area (Å²) in [6.07, 6.45) is 2.60. The molecule has 0 saturated carbocycles. The summed E-state index contributed by atoms with van der Waals surface area (Å²) in [5.74, 6) is 0. The van der Waals surface area contributed by atoms with Gasteiger partial charge in [0.2, 0.25) is 0 Å². The van der Waals surface area contributed by atoms with Crippen LogP contribution in [0.4, 0.5) is 0 Å². The van der Waals surface area contributed by atoms with Crippen molar-refractivity contribution in [3.63, 3.8) is 0 Å². The van der Waals surface area contributed by atoms with Gasteiger partial charge in [0.25, 0.3) is 0 Å². The molecule has 82 valence electrons. The topological polar surface area (TPSA) is 54.7 Å². The fraction of sp³-hybridized carbons (Fsp3) is 0.154. The summed E-state index contributed by atoms with van der Waals surface area (Å²) in [5.41, 5.74) is 9.74. The van der Waals surface area contributed by atoms with Crippen LogP contribution in [0.3, 0.4) is 0 Å². The Labute approximate surface area is 95.0 Å². The molecule has 0 amide bonds. The van der Waals surface area contributed by atoms with Crippen molar-refractivity contribution in [3.05, 3.63) is 48.7 Å². The minimum atomic E-state index is 0.609. The Bertz CT molecular complexity index is 471. The van der Waals surface area contributed by atoms with Crippen molar-refractivity contribution in [1.82, 2.24) is 10.2 Å². The largest absolute Gasteiger partial charge is 0.330 e. The highest BCUT2D eigenvalue weighted by atomic mass is 15.1. The Morgan fingerprint density at radius 3 is 2.75 bits per heavy atom. The average molecular weight is 213 g/mol. The lowest BCUT2D eigenvalue weighted by atomic mass is 10.0. The highest BCUT2D eigenvalue weighted by molar-refractivity contribution is 5.77. The van der Waals surface area contributed by atoms with Gasteiger partial charge in [-0.15, -0.1) is 0 Å². The Morgan fingerprint density at radius 1 is 1.31 bits per heavy atom. The van der Waals surface area contributed by atoms with E-state index in [-0.39, 0.29) is 0 Å². The molecule has 0 saturated heterocycles. The zero-order valence-electron chi connectivity index (χ0n) is 9.11. The number of hydrogen-bond donors (Lipinski definition) is 2. The van der Waals surface area contributed by atoms with E-state index < -0.39 is 0 Å². The van der Waals surface area contributed by atoms with Crippen molar-refractivity contribution in [3.8, 4) is 11.3 Å². The minimum absolute atomic E-state index is 0.609. The fourth-order valence-corrected chi connectivity index (χ4v) is 1.69. The third-order valence-corrected chi connectivity index (χ3v) is 2.53. The number of aromatic amines is 1. The van der Waals surface area contributed by atoms with Gasteiger partial charge >= 0.3 is 0 Å². The van der Waals surface area contributed by atoms with Crippen molar-refractivity contribution in [2.75, 3.05) is 6.54 Å². The molecule has 3 heteroatoms. The van der Waals surface area contributed by atoms with E-state index in [1.54, 1.807) is 6.20 Å². The van der Waals surface area contributed by atoms with Crippen LogP contribution in [0.1, 0.15) is 12.0 Å². The predicted octanol–water partition coefficient (Wildman–Crippen LogP) is 2.44. The summed E-state index contributed by atoms with van der Waals surface area (Å²) in [6.45, 7) is 4.64. The standard InChI is InChI=1S/C13H15N3/c1-10(7-8-14)12-9-15-16-13(12)11-5-3-2-4-6-11/h2-6,9H,1,7-8,14H2,(H,15,16). The maximum atomic E-state index is 5.53. The summed E-state index contributed by atoms with van der Waals surface area (Å²) in [7, 11) is 0. The summed E-state index contributed by atoms with van der Waals surface area (Å²) in [6, 6.07) is 10.1. The van der Waals surface area contributed by atoms with E-state index in [0.717, 1.165) is 28.8 Å². The lowest BCUT2D eigenvalue weighted by Crippen LogP contribution is -1.99. The molecule has 0 radical (unpaired) electrons. The summed E-state index contributed by atoms with van der Waals surface area (Å²) < 4.78 is 0. The molecular weight excluding hydrogens is 198 g/mol. The van der Waals surface area contributed by atoms with Crippen molar-refractivity contribution >= 4 is 5.57 Å². The van der Waals surface area contributed by atoms with Crippen LogP contribution in [0.15, 0.2) is 43.1 Å². The molecule has 0 fully saturated rings. The van der Waals surface area contributed by atoms with Crippen LogP contribution in [0.2, 0.25) is 0 Å². The third-order valence-electron chi connectivity index (χ3n) is 2.53. The molecule has 0 aliphatic heterocycles. The molecule has 0 bridgehead atoms. The molecule has 3 N–H and O–H groups in total. The molecule has 0 atom stereocenters. The van der Waals surface area contributed by atoms with Gasteiger partial charge in [-0.25, -0.2) is 0 Å². The fourth-order valence-electron chi connectivity index (χ4n) is 1.69. The molecule has 1 heterocycles. The lowest BCUT2D eigenvalue weighted by molar-refractivity contribution is 1.02. The first-order valence-corrected chi connectivity index (χ1v) is 5.30. The van der Waals surface area contributed by atoms with Crippen LogP contribution in [-0.4, -0.2) is 16.7 Å². The molecule has 2 aromatic rings. The van der Waals surface area contributed by atoms with Crippen molar-refractivity contribution in [1.29, 1.82) is 0 Å². The van der Waals surface area contributed by atoms with Gasteiger partial charge in [-0.05, 0) is 18.5 Å². The van der Waals surface area contributed by atoms with Gasteiger partial charge in [-0.2, -0.15) is 5.10 Å². The number of H-pyrrole nitrogens is 1. The lowest BCUT2D eigenvalue weighted by Gasteiger charge is -2.05. The SMILES string of the molecule is C=C(CCN)c1cn[nH]c1-c1ccccc1. The second-order valence-electron chi connectivity index (χ2n) is 3.67. The van der Waals surface area contributed by atoms with Crippen molar-refractivity contribution in [2.24, 2.45) is 5.73 Å². The number of hydrogen-bond acceptors (Lipinski definition) is 2. The normalized spacial score (nSPS) is 10.3. The van der Waals surface area contributed by atoms with Crippen LogP contribution < -0.4 is 5.73 Å². The number of nitrogens with one attached hydrogen (secondary N) is 1. The van der Waals surface area contributed by atoms with Gasteiger partial charge in [-0.1, -0.05) is 36.9 Å². The monoisotopic (exact) mass is 213 g/mol. The van der Waals surface area contributed by atoms with E-state index >= 15 is 0 Å². The maximum Gasteiger partial charge on any atom is 0.0725 e. The van der Waals surface area contributed by atoms with E-state index in [0.29, 0.717) is 6.54 Å². The van der Waals surface area contributed by atoms with Crippen LogP contribution in [-0.2, 0) is 0 Å². The van der Waals surface area contributed by atoms with E-state index in [1.165, 1.54) is 0 Å². The minimum Gasteiger partial charge on any atom is -0.330 e. The Morgan fingerprint density at radius 2 is 2.06 bits per heavy atom. The van der Waals surface area contributed by atoms with E-state index in [9.17, 15) is 0 Å². The number of rotatable bonds is 4. The number of nitrogens with two attached hydrogens (primary N) is 1. The Balaban J connectivity index is 2.37. The first-order chi connectivity index (χ1) is 7.83. The molecule has 1 aromatic carbocycles. The molecular formula is C13H15N3. The predicted molar refractivity (Wildman–Crippen MR) is 66.7 cm³/mol. The van der Waals surface area contributed by atoms with Gasteiger partial charge in [-0.3, -0.25) is 5.10 Å². The number of nitrogens with zero attached hydrogens (tertiary/aromatic N) is 1. The number of aromatic nitrogens is 2. The molecule has 1 aromatic heterocycles. The third kappa shape index (κ3) is 2.04. The van der Waals surface area contributed by atoms with Crippen LogP contribution in [0.5, 0.6) is 0 Å². The van der Waals surface area contributed by atoms with Gasteiger partial charge in [0.15, 0.2) is 0 Å². The molecule has 0 spiro atoms. The quantitative estimate of drug-likeness (QED) is 0.819. The van der Waals surface area contributed by atoms with E-state index in [4.69, 9.17) is 5.73 Å². The first kappa shape index (κ1) is 10.6. The van der Waals surface area contributed by atoms with Gasteiger partial charge in [0.1, 0.15) is 0 Å². The van der Waals surface area contributed by atoms with Gasteiger partial charge in [0.05, 0.1) is 11.9 Å². The molecule has 16 heavy (non-hydrogen) atoms. The number of benzene rings is 1. The van der Waals surface area contributed by atoms with Gasteiger partial charge < -0.3 is 5.73 Å². The van der Waals surface area contributed by atoms with Crippen LogP contribution in [0.25, 0.3) is 16.8 Å². The molecule has 3 nitrogen and oxygen atoms in total.